The van der Waals surface area contributed by atoms with Gasteiger partial charge in [-0.3, -0.25) is 19.3 Å². The van der Waals surface area contributed by atoms with Crippen LogP contribution in [0.25, 0.3) is 0 Å². The molecule has 1 saturated heterocycles. The van der Waals surface area contributed by atoms with Crippen molar-refractivity contribution in [3.63, 3.8) is 0 Å². The lowest BCUT2D eigenvalue weighted by Gasteiger charge is -2.40. The van der Waals surface area contributed by atoms with E-state index in [9.17, 15) is 14.4 Å². The fraction of sp³-hybridized carbons (Fsp3) is 0.400. The molecule has 0 aliphatic carbocycles. The minimum Gasteiger partial charge on any atom is -0.368 e. The standard InChI is InChI=1S/C20H25N5O3/c1-15-7-8-18(26)25(22-15)14-19(27)24-12-11-23(17(13-24)20(21)28)10-9-16-5-3-2-4-6-16/h2-8,17H,9-14H2,1H3,(H2,21,28)/t17-/m0/s1. The average molecular weight is 383 g/mol. The quantitative estimate of drug-likeness (QED) is 0.744. The van der Waals surface area contributed by atoms with E-state index in [-0.39, 0.29) is 24.6 Å². The molecule has 8 nitrogen and oxygen atoms in total. The fourth-order valence-electron chi connectivity index (χ4n) is 3.39. The number of amides is 2. The van der Waals surface area contributed by atoms with Gasteiger partial charge in [0.1, 0.15) is 12.6 Å². The van der Waals surface area contributed by atoms with Crippen molar-refractivity contribution in [3.05, 3.63) is 64.1 Å². The summed E-state index contributed by atoms with van der Waals surface area (Å²) in [5.41, 5.74) is 7.12. The molecule has 2 N–H and O–H groups in total. The minimum absolute atomic E-state index is 0.143. The molecular formula is C20H25N5O3. The van der Waals surface area contributed by atoms with Crippen molar-refractivity contribution in [2.24, 2.45) is 5.73 Å². The van der Waals surface area contributed by atoms with E-state index in [1.165, 1.54) is 11.6 Å². The molecule has 1 aliphatic heterocycles. The molecule has 8 heteroatoms. The van der Waals surface area contributed by atoms with E-state index in [0.29, 0.717) is 25.3 Å². The first-order valence-corrected chi connectivity index (χ1v) is 9.34. The zero-order valence-electron chi connectivity index (χ0n) is 16.0. The SMILES string of the molecule is Cc1ccc(=O)n(CC(=O)N2CCN(CCc3ccccc3)[C@H](C(N)=O)C2)n1. The van der Waals surface area contributed by atoms with Gasteiger partial charge < -0.3 is 10.6 Å². The van der Waals surface area contributed by atoms with Crippen LogP contribution in [0.1, 0.15) is 11.3 Å². The van der Waals surface area contributed by atoms with Crippen molar-refractivity contribution in [3.8, 4) is 0 Å². The smallest absolute Gasteiger partial charge is 0.267 e. The summed E-state index contributed by atoms with van der Waals surface area (Å²) in [6.45, 7) is 3.58. The van der Waals surface area contributed by atoms with Gasteiger partial charge in [-0.15, -0.1) is 0 Å². The molecule has 0 radical (unpaired) electrons. The van der Waals surface area contributed by atoms with Crippen molar-refractivity contribution in [1.29, 1.82) is 0 Å². The summed E-state index contributed by atoms with van der Waals surface area (Å²) >= 11 is 0. The van der Waals surface area contributed by atoms with Crippen molar-refractivity contribution >= 4 is 11.8 Å². The van der Waals surface area contributed by atoms with E-state index in [2.05, 4.69) is 5.10 Å². The molecule has 2 amide bonds. The van der Waals surface area contributed by atoms with E-state index in [1.54, 1.807) is 17.9 Å². The van der Waals surface area contributed by atoms with Crippen LogP contribution in [0, 0.1) is 6.92 Å². The molecule has 3 rings (SSSR count). The molecule has 0 saturated carbocycles. The van der Waals surface area contributed by atoms with E-state index >= 15 is 0 Å². The minimum atomic E-state index is -0.538. The first-order chi connectivity index (χ1) is 13.4. The largest absolute Gasteiger partial charge is 0.368 e. The van der Waals surface area contributed by atoms with Crippen LogP contribution in [-0.2, 0) is 22.6 Å². The average Bonchev–Trinajstić information content (AvgIpc) is 2.69. The number of benzene rings is 1. The second-order valence-corrected chi connectivity index (χ2v) is 7.00. The summed E-state index contributed by atoms with van der Waals surface area (Å²) in [4.78, 5) is 40.1. The number of carbonyl (C=O) groups excluding carboxylic acids is 2. The van der Waals surface area contributed by atoms with Crippen LogP contribution < -0.4 is 11.3 Å². The van der Waals surface area contributed by atoms with Crippen LogP contribution in [0.4, 0.5) is 0 Å². The first kappa shape index (κ1) is 19.8. The van der Waals surface area contributed by atoms with E-state index in [4.69, 9.17) is 5.73 Å². The normalized spacial score (nSPS) is 17.5. The highest BCUT2D eigenvalue weighted by Gasteiger charge is 2.32. The highest BCUT2D eigenvalue weighted by atomic mass is 16.2. The van der Waals surface area contributed by atoms with Crippen LogP contribution in [0.3, 0.4) is 0 Å². The van der Waals surface area contributed by atoms with Crippen molar-refractivity contribution in [1.82, 2.24) is 19.6 Å². The molecule has 1 atom stereocenters. The topological polar surface area (TPSA) is 102 Å². The lowest BCUT2D eigenvalue weighted by Crippen LogP contribution is -2.60. The Kier molecular flexibility index (Phi) is 6.20. The van der Waals surface area contributed by atoms with Crippen molar-refractivity contribution < 1.29 is 9.59 Å². The third kappa shape index (κ3) is 4.83. The second-order valence-electron chi connectivity index (χ2n) is 7.00. The summed E-state index contributed by atoms with van der Waals surface area (Å²) in [7, 11) is 0. The third-order valence-corrected chi connectivity index (χ3v) is 4.99. The molecule has 1 aromatic heterocycles. The predicted octanol–water partition coefficient (Wildman–Crippen LogP) is -0.207. The fourth-order valence-corrected chi connectivity index (χ4v) is 3.39. The summed E-state index contributed by atoms with van der Waals surface area (Å²) < 4.78 is 1.15. The zero-order valence-corrected chi connectivity index (χ0v) is 16.0. The van der Waals surface area contributed by atoms with Crippen LogP contribution in [0.5, 0.6) is 0 Å². The third-order valence-electron chi connectivity index (χ3n) is 4.99. The van der Waals surface area contributed by atoms with Gasteiger partial charge in [-0.1, -0.05) is 30.3 Å². The maximum absolute atomic E-state index is 12.6. The number of aryl methyl sites for hydroxylation is 1. The molecule has 0 bridgehead atoms. The number of carbonyl (C=O) groups is 2. The summed E-state index contributed by atoms with van der Waals surface area (Å²) in [6, 6.07) is 12.5. The highest BCUT2D eigenvalue weighted by Crippen LogP contribution is 2.12. The van der Waals surface area contributed by atoms with Gasteiger partial charge in [0, 0.05) is 32.2 Å². The number of hydrogen-bond acceptors (Lipinski definition) is 5. The van der Waals surface area contributed by atoms with Gasteiger partial charge in [-0.05, 0) is 25.0 Å². The molecule has 1 aromatic carbocycles. The van der Waals surface area contributed by atoms with Gasteiger partial charge in [0.2, 0.25) is 11.8 Å². The molecular weight excluding hydrogens is 358 g/mol. The maximum Gasteiger partial charge on any atom is 0.267 e. The summed E-state index contributed by atoms with van der Waals surface area (Å²) in [5, 5.41) is 4.09. The lowest BCUT2D eigenvalue weighted by molar-refractivity contribution is -0.137. The first-order valence-electron chi connectivity index (χ1n) is 9.34. The van der Waals surface area contributed by atoms with E-state index < -0.39 is 11.9 Å². The number of piperazine rings is 1. The molecule has 1 fully saturated rings. The molecule has 2 aromatic rings. The Labute approximate surface area is 163 Å². The van der Waals surface area contributed by atoms with Gasteiger partial charge in [-0.2, -0.15) is 5.10 Å². The summed E-state index contributed by atoms with van der Waals surface area (Å²) in [5.74, 6) is -0.689. The van der Waals surface area contributed by atoms with Crippen LogP contribution in [0.15, 0.2) is 47.3 Å². The molecule has 0 spiro atoms. The molecule has 0 unspecified atom stereocenters. The lowest BCUT2D eigenvalue weighted by atomic mass is 10.1. The molecule has 148 valence electrons. The van der Waals surface area contributed by atoms with Crippen LogP contribution in [-0.4, -0.2) is 63.6 Å². The summed E-state index contributed by atoms with van der Waals surface area (Å²) in [6.07, 6.45) is 0.807. The number of nitrogens with two attached hydrogens (primary N) is 1. The van der Waals surface area contributed by atoms with E-state index in [0.717, 1.165) is 11.1 Å². The highest BCUT2D eigenvalue weighted by molar-refractivity contribution is 5.82. The Morgan fingerprint density at radius 2 is 1.89 bits per heavy atom. The Bertz CT molecular complexity index is 896. The van der Waals surface area contributed by atoms with Gasteiger partial charge in [0.15, 0.2) is 0 Å². The number of aromatic nitrogens is 2. The van der Waals surface area contributed by atoms with Crippen molar-refractivity contribution in [2.75, 3.05) is 26.2 Å². The Morgan fingerprint density at radius 1 is 1.14 bits per heavy atom. The monoisotopic (exact) mass is 383 g/mol. The van der Waals surface area contributed by atoms with Crippen LogP contribution >= 0.6 is 0 Å². The number of primary amides is 1. The second kappa shape index (κ2) is 8.79. The Balaban J connectivity index is 1.63. The van der Waals surface area contributed by atoms with Crippen LogP contribution in [0.2, 0.25) is 0 Å². The zero-order chi connectivity index (χ0) is 20.1. The van der Waals surface area contributed by atoms with E-state index in [1.807, 2.05) is 35.2 Å². The number of rotatable bonds is 6. The van der Waals surface area contributed by atoms with Gasteiger partial charge in [-0.25, -0.2) is 4.68 Å². The van der Waals surface area contributed by atoms with Gasteiger partial charge in [0.25, 0.3) is 5.56 Å². The predicted molar refractivity (Wildman–Crippen MR) is 105 cm³/mol. The number of hydrogen-bond donors (Lipinski definition) is 1. The molecule has 28 heavy (non-hydrogen) atoms. The number of nitrogens with zero attached hydrogens (tertiary/aromatic N) is 4. The van der Waals surface area contributed by atoms with Gasteiger partial charge >= 0.3 is 0 Å². The molecule has 1 aliphatic rings. The Hall–Kier alpha value is -3.00. The van der Waals surface area contributed by atoms with Gasteiger partial charge in [0.05, 0.1) is 5.69 Å². The Morgan fingerprint density at radius 3 is 2.61 bits per heavy atom. The maximum atomic E-state index is 12.6. The molecule has 2 heterocycles. The van der Waals surface area contributed by atoms with Crippen molar-refractivity contribution in [2.45, 2.75) is 25.9 Å².